The second-order valence-corrected chi connectivity index (χ2v) is 4.86. The van der Waals surface area contributed by atoms with E-state index in [9.17, 15) is 0 Å². The molecule has 0 aromatic carbocycles. The van der Waals surface area contributed by atoms with Gasteiger partial charge >= 0.3 is 0 Å². The van der Waals surface area contributed by atoms with Crippen LogP contribution in [0.5, 0.6) is 0 Å². The van der Waals surface area contributed by atoms with E-state index < -0.39 is 0 Å². The number of aromatic nitrogens is 3. The molecule has 0 spiro atoms. The summed E-state index contributed by atoms with van der Waals surface area (Å²) < 4.78 is 4.29. The minimum absolute atomic E-state index is 0.387. The van der Waals surface area contributed by atoms with Gasteiger partial charge in [0, 0.05) is 42.3 Å². The summed E-state index contributed by atoms with van der Waals surface area (Å²) in [6.45, 7) is 5.03. The molecule has 4 nitrogen and oxygen atoms in total. The number of nitrogens with one attached hydrogen (secondary N) is 1. The molecule has 5 heteroatoms. The summed E-state index contributed by atoms with van der Waals surface area (Å²) in [6.07, 6.45) is 2.72. The molecule has 0 radical (unpaired) electrons. The number of pyridine rings is 1. The lowest BCUT2D eigenvalue weighted by molar-refractivity contribution is 0.798. The zero-order valence-electron chi connectivity index (χ0n) is 10.1. The highest BCUT2D eigenvalue weighted by Gasteiger charge is 2.06. The number of nitrogens with zero attached hydrogens (tertiary/aromatic N) is 3. The van der Waals surface area contributed by atoms with Crippen molar-refractivity contribution in [1.29, 1.82) is 0 Å². The summed E-state index contributed by atoms with van der Waals surface area (Å²) in [5.41, 5.74) is 1.09. The van der Waals surface area contributed by atoms with Gasteiger partial charge in [0.15, 0.2) is 0 Å². The van der Waals surface area contributed by atoms with Crippen LogP contribution in [0.4, 0.5) is 5.13 Å². The fourth-order valence-corrected chi connectivity index (χ4v) is 2.12. The molecular formula is C12H16N4S. The van der Waals surface area contributed by atoms with Crippen LogP contribution in [0.15, 0.2) is 24.4 Å². The molecule has 2 heterocycles. The first-order valence-electron chi connectivity index (χ1n) is 5.73. The molecule has 0 aliphatic heterocycles. The van der Waals surface area contributed by atoms with Crippen LogP contribution < -0.4 is 5.32 Å². The Morgan fingerprint density at radius 1 is 1.35 bits per heavy atom. The Morgan fingerprint density at radius 3 is 2.88 bits per heavy atom. The van der Waals surface area contributed by atoms with Gasteiger partial charge in [0.25, 0.3) is 0 Å². The van der Waals surface area contributed by atoms with Gasteiger partial charge in [0.05, 0.1) is 0 Å². The van der Waals surface area contributed by atoms with Gasteiger partial charge in [-0.25, -0.2) is 4.98 Å². The van der Waals surface area contributed by atoms with Gasteiger partial charge in [-0.1, -0.05) is 19.9 Å². The first-order valence-corrected chi connectivity index (χ1v) is 6.50. The van der Waals surface area contributed by atoms with Crippen molar-refractivity contribution in [3.05, 3.63) is 35.9 Å². The molecule has 1 N–H and O–H groups in total. The number of hydrogen-bond acceptors (Lipinski definition) is 5. The maximum absolute atomic E-state index is 4.42. The third-order valence-corrected chi connectivity index (χ3v) is 3.03. The van der Waals surface area contributed by atoms with Crippen LogP contribution in [0.3, 0.4) is 0 Å². The number of anilines is 1. The second kappa shape index (κ2) is 5.72. The topological polar surface area (TPSA) is 50.7 Å². The minimum atomic E-state index is 0.387. The van der Waals surface area contributed by atoms with E-state index in [1.165, 1.54) is 11.5 Å². The highest BCUT2D eigenvalue weighted by molar-refractivity contribution is 7.09. The zero-order chi connectivity index (χ0) is 12.1. The monoisotopic (exact) mass is 248 g/mol. The maximum Gasteiger partial charge on any atom is 0.202 e. The Bertz CT molecular complexity index is 453. The summed E-state index contributed by atoms with van der Waals surface area (Å²) in [6, 6.07) is 5.96. The molecule has 0 saturated heterocycles. The van der Waals surface area contributed by atoms with E-state index in [0.717, 1.165) is 29.6 Å². The predicted molar refractivity (Wildman–Crippen MR) is 70.4 cm³/mol. The minimum Gasteiger partial charge on any atom is -0.360 e. The van der Waals surface area contributed by atoms with Crippen LogP contribution in [0.1, 0.15) is 31.3 Å². The molecule has 90 valence electrons. The quantitative estimate of drug-likeness (QED) is 0.884. The summed E-state index contributed by atoms with van der Waals surface area (Å²) >= 11 is 1.42. The van der Waals surface area contributed by atoms with Gasteiger partial charge in [0.2, 0.25) is 5.13 Å². The molecule has 2 aromatic rings. The van der Waals surface area contributed by atoms with E-state index in [-0.39, 0.29) is 0 Å². The first kappa shape index (κ1) is 12.0. The van der Waals surface area contributed by atoms with Crippen molar-refractivity contribution in [2.24, 2.45) is 0 Å². The molecule has 0 atom stereocenters. The van der Waals surface area contributed by atoms with Gasteiger partial charge < -0.3 is 5.32 Å². The second-order valence-electron chi connectivity index (χ2n) is 4.11. The van der Waals surface area contributed by atoms with E-state index in [2.05, 4.69) is 33.5 Å². The molecule has 0 saturated carbocycles. The molecule has 0 bridgehead atoms. The van der Waals surface area contributed by atoms with Gasteiger partial charge in [-0.15, -0.1) is 0 Å². The van der Waals surface area contributed by atoms with Crippen LogP contribution in [-0.2, 0) is 6.42 Å². The largest absolute Gasteiger partial charge is 0.360 e. The fraction of sp³-hybridized carbons (Fsp3) is 0.417. The Hall–Kier alpha value is -1.49. The van der Waals surface area contributed by atoms with Gasteiger partial charge in [-0.2, -0.15) is 4.37 Å². The van der Waals surface area contributed by atoms with E-state index in [0.29, 0.717) is 5.92 Å². The summed E-state index contributed by atoms with van der Waals surface area (Å²) in [4.78, 5) is 8.69. The van der Waals surface area contributed by atoms with Crippen molar-refractivity contribution >= 4 is 16.7 Å². The lowest BCUT2D eigenvalue weighted by atomic mass is 10.2. The highest BCUT2D eigenvalue weighted by Crippen LogP contribution is 2.16. The van der Waals surface area contributed by atoms with Gasteiger partial charge in [-0.05, 0) is 12.1 Å². The third-order valence-electron chi connectivity index (χ3n) is 2.34. The molecular weight excluding hydrogens is 232 g/mol. The standard InChI is InChI=1S/C12H16N4S/c1-9(2)11-15-12(17-16-11)14-8-6-10-5-3-4-7-13-10/h3-5,7,9H,6,8H2,1-2H3,(H,14,15,16). The average molecular weight is 248 g/mol. The van der Waals surface area contributed by atoms with Crippen LogP contribution in [0.25, 0.3) is 0 Å². The fourth-order valence-electron chi connectivity index (χ4n) is 1.38. The molecule has 0 aliphatic carbocycles. The van der Waals surface area contributed by atoms with E-state index in [1.807, 2.05) is 24.4 Å². The molecule has 17 heavy (non-hydrogen) atoms. The Morgan fingerprint density at radius 2 is 2.24 bits per heavy atom. The smallest absolute Gasteiger partial charge is 0.202 e. The van der Waals surface area contributed by atoms with Crippen LogP contribution in [0, 0.1) is 0 Å². The highest BCUT2D eigenvalue weighted by atomic mass is 32.1. The first-order chi connectivity index (χ1) is 8.25. The molecule has 0 unspecified atom stereocenters. The van der Waals surface area contributed by atoms with E-state index in [1.54, 1.807) is 0 Å². The van der Waals surface area contributed by atoms with Crippen LogP contribution >= 0.6 is 11.5 Å². The lowest BCUT2D eigenvalue weighted by Crippen LogP contribution is -2.05. The summed E-state index contributed by atoms with van der Waals surface area (Å²) in [5.74, 6) is 1.30. The summed E-state index contributed by atoms with van der Waals surface area (Å²) in [7, 11) is 0. The Balaban J connectivity index is 1.82. The van der Waals surface area contributed by atoms with Crippen molar-refractivity contribution in [2.75, 3.05) is 11.9 Å². The Labute approximate surface area is 105 Å². The van der Waals surface area contributed by atoms with Crippen molar-refractivity contribution in [2.45, 2.75) is 26.2 Å². The Kier molecular flexibility index (Phi) is 4.03. The molecule has 0 fully saturated rings. The molecule has 2 aromatic heterocycles. The van der Waals surface area contributed by atoms with Gasteiger partial charge in [0.1, 0.15) is 5.82 Å². The molecule has 2 rings (SSSR count). The number of hydrogen-bond donors (Lipinski definition) is 1. The zero-order valence-corrected chi connectivity index (χ0v) is 10.9. The predicted octanol–water partition coefficient (Wildman–Crippen LogP) is 2.71. The van der Waals surface area contributed by atoms with Crippen LogP contribution in [-0.4, -0.2) is 20.9 Å². The molecule has 0 amide bonds. The van der Waals surface area contributed by atoms with Crippen molar-refractivity contribution in [3.8, 4) is 0 Å². The maximum atomic E-state index is 4.42. The normalized spacial score (nSPS) is 10.8. The summed E-state index contributed by atoms with van der Waals surface area (Å²) in [5, 5.41) is 4.17. The van der Waals surface area contributed by atoms with E-state index >= 15 is 0 Å². The van der Waals surface area contributed by atoms with Crippen molar-refractivity contribution in [3.63, 3.8) is 0 Å². The van der Waals surface area contributed by atoms with Crippen molar-refractivity contribution < 1.29 is 0 Å². The van der Waals surface area contributed by atoms with Crippen molar-refractivity contribution in [1.82, 2.24) is 14.3 Å². The molecule has 0 aliphatic rings. The van der Waals surface area contributed by atoms with Gasteiger partial charge in [-0.3, -0.25) is 4.98 Å². The average Bonchev–Trinajstić information content (AvgIpc) is 2.79. The van der Waals surface area contributed by atoms with E-state index in [4.69, 9.17) is 0 Å². The third kappa shape index (κ3) is 3.49. The number of rotatable bonds is 5. The lowest BCUT2D eigenvalue weighted by Gasteiger charge is -2.01. The SMILES string of the molecule is CC(C)c1nsc(NCCc2ccccn2)n1. The van der Waals surface area contributed by atoms with Crippen LogP contribution in [0.2, 0.25) is 0 Å².